The number of nitrogens with one attached hydrogen (secondary N) is 1. The Bertz CT molecular complexity index is 1400. The molecule has 2 amide bonds. The number of rotatable bonds is 3. The predicted octanol–water partition coefficient (Wildman–Crippen LogP) is 2.49. The fraction of sp³-hybridized carbons (Fsp3) is 0.321. The zero-order valence-electron chi connectivity index (χ0n) is 20.8. The van der Waals surface area contributed by atoms with Crippen LogP contribution in [-0.2, 0) is 16.0 Å². The number of benzene rings is 2. The lowest BCUT2D eigenvalue weighted by Gasteiger charge is -2.26. The molecule has 0 aliphatic carbocycles. The lowest BCUT2D eigenvalue weighted by molar-refractivity contribution is -0.120. The number of halogens is 1. The summed E-state index contributed by atoms with van der Waals surface area (Å²) in [4.78, 5) is 27.5. The Morgan fingerprint density at radius 3 is 2.74 bits per heavy atom. The number of anilines is 1. The molecular formula is C28H27FN4O5. The number of carbonyl (C=O) groups excluding carboxylic acids is 2. The second kappa shape index (κ2) is 10.7. The second-order valence-corrected chi connectivity index (χ2v) is 9.38. The molecule has 2 N–H and O–H groups in total. The molecule has 2 aliphatic rings. The van der Waals surface area contributed by atoms with E-state index in [2.05, 4.69) is 22.3 Å². The third-order valence-corrected chi connectivity index (χ3v) is 6.58. The van der Waals surface area contributed by atoms with Gasteiger partial charge in [0, 0.05) is 38.1 Å². The van der Waals surface area contributed by atoms with Gasteiger partial charge in [-0.15, -0.1) is 0 Å². The van der Waals surface area contributed by atoms with Crippen molar-refractivity contribution in [1.29, 1.82) is 0 Å². The Hall–Kier alpha value is -4.20. The molecule has 38 heavy (non-hydrogen) atoms. The summed E-state index contributed by atoms with van der Waals surface area (Å²) in [6.07, 6.45) is 4.48. The van der Waals surface area contributed by atoms with E-state index in [0.29, 0.717) is 49.5 Å². The topological polar surface area (TPSA) is 106 Å². The van der Waals surface area contributed by atoms with Crippen LogP contribution in [0.4, 0.5) is 14.9 Å². The van der Waals surface area contributed by atoms with Gasteiger partial charge in [0.2, 0.25) is 0 Å². The maximum absolute atomic E-state index is 13.2. The van der Waals surface area contributed by atoms with Crippen LogP contribution in [0.1, 0.15) is 29.5 Å². The molecule has 5 rings (SSSR count). The standard InChI is InChI=1S/C28H27FN4O5/c1-32-24-15-20(8-9-28(36)10-12-37-13-11-28)4-7-25(24)38-18-23(26(32)34)31-27(35)33-17-21(16-30-33)14-19-2-5-22(29)6-3-19/h2-7,15-17,23,36H,10-14,18H2,1H3,(H,31,35)/t23-/m0/s1. The summed E-state index contributed by atoms with van der Waals surface area (Å²) in [5.41, 5.74) is 1.69. The molecule has 1 atom stereocenters. The highest BCUT2D eigenvalue weighted by Crippen LogP contribution is 2.31. The highest BCUT2D eigenvalue weighted by molar-refractivity contribution is 6.00. The Morgan fingerprint density at radius 1 is 1.21 bits per heavy atom. The van der Waals surface area contributed by atoms with Gasteiger partial charge in [-0.05, 0) is 41.5 Å². The number of aromatic nitrogens is 2. The third-order valence-electron chi connectivity index (χ3n) is 6.58. The molecule has 0 bridgehead atoms. The maximum Gasteiger partial charge on any atom is 0.342 e. The minimum Gasteiger partial charge on any atom is -0.489 e. The Labute approximate surface area is 219 Å². The lowest BCUT2D eigenvalue weighted by Crippen LogP contribution is -2.50. The first-order valence-corrected chi connectivity index (χ1v) is 12.3. The largest absolute Gasteiger partial charge is 0.489 e. The molecule has 2 aromatic carbocycles. The summed E-state index contributed by atoms with van der Waals surface area (Å²) in [5, 5.41) is 17.4. The SMILES string of the molecule is CN1C(=O)[C@@H](NC(=O)n2cc(Cc3ccc(F)cc3)cn2)COc2ccc(C#CC3(O)CCOCC3)cc21. The van der Waals surface area contributed by atoms with E-state index in [1.807, 2.05) is 0 Å². The smallest absolute Gasteiger partial charge is 0.342 e. The van der Waals surface area contributed by atoms with Crippen molar-refractivity contribution in [2.75, 3.05) is 31.8 Å². The summed E-state index contributed by atoms with van der Waals surface area (Å²) in [7, 11) is 1.60. The number of carbonyl (C=O) groups is 2. The summed E-state index contributed by atoms with van der Waals surface area (Å²) < 4.78 is 25.4. The fourth-order valence-electron chi connectivity index (χ4n) is 4.32. The highest BCUT2D eigenvalue weighted by Gasteiger charge is 2.31. The molecule has 9 nitrogen and oxygen atoms in total. The van der Waals surface area contributed by atoms with E-state index in [0.717, 1.165) is 15.8 Å². The van der Waals surface area contributed by atoms with Gasteiger partial charge < -0.3 is 24.8 Å². The van der Waals surface area contributed by atoms with Crippen molar-refractivity contribution in [3.63, 3.8) is 0 Å². The normalized spacial score (nSPS) is 18.4. The first kappa shape index (κ1) is 25.4. The van der Waals surface area contributed by atoms with Crippen LogP contribution in [0.25, 0.3) is 0 Å². The molecule has 0 spiro atoms. The van der Waals surface area contributed by atoms with E-state index >= 15 is 0 Å². The van der Waals surface area contributed by atoms with Crippen LogP contribution < -0.4 is 15.0 Å². The van der Waals surface area contributed by atoms with Crippen molar-refractivity contribution in [1.82, 2.24) is 15.1 Å². The summed E-state index contributed by atoms with van der Waals surface area (Å²) in [5.74, 6) is 5.74. The molecule has 196 valence electrons. The molecular weight excluding hydrogens is 491 g/mol. The monoisotopic (exact) mass is 518 g/mol. The summed E-state index contributed by atoms with van der Waals surface area (Å²) in [6.45, 7) is 0.861. The van der Waals surface area contributed by atoms with Crippen molar-refractivity contribution in [2.45, 2.75) is 30.9 Å². The minimum absolute atomic E-state index is 0.0591. The van der Waals surface area contributed by atoms with Gasteiger partial charge in [0.15, 0.2) is 0 Å². The van der Waals surface area contributed by atoms with E-state index in [-0.39, 0.29) is 18.3 Å². The Kier molecular flexibility index (Phi) is 7.13. The summed E-state index contributed by atoms with van der Waals surface area (Å²) in [6, 6.07) is 9.79. The number of likely N-dealkylation sites (N-methyl/N-ethyl adjacent to an activating group) is 1. The van der Waals surface area contributed by atoms with Crippen LogP contribution >= 0.6 is 0 Å². The van der Waals surface area contributed by atoms with Crippen molar-refractivity contribution in [3.8, 4) is 17.6 Å². The quantitative estimate of drug-likeness (QED) is 0.517. The molecule has 0 unspecified atom stereocenters. The van der Waals surface area contributed by atoms with Gasteiger partial charge in [-0.3, -0.25) is 4.79 Å². The summed E-state index contributed by atoms with van der Waals surface area (Å²) >= 11 is 0. The first-order valence-electron chi connectivity index (χ1n) is 12.3. The van der Waals surface area contributed by atoms with E-state index in [1.54, 1.807) is 49.8 Å². The zero-order chi connectivity index (χ0) is 26.7. The highest BCUT2D eigenvalue weighted by atomic mass is 19.1. The zero-order valence-corrected chi connectivity index (χ0v) is 20.8. The van der Waals surface area contributed by atoms with E-state index in [1.165, 1.54) is 17.0 Å². The van der Waals surface area contributed by atoms with Crippen LogP contribution in [0.2, 0.25) is 0 Å². The number of amides is 2. The van der Waals surface area contributed by atoms with E-state index < -0.39 is 17.7 Å². The van der Waals surface area contributed by atoms with Crippen LogP contribution in [0.5, 0.6) is 5.75 Å². The molecule has 3 heterocycles. The van der Waals surface area contributed by atoms with Crippen LogP contribution in [0, 0.1) is 17.7 Å². The first-order chi connectivity index (χ1) is 18.3. The number of ether oxygens (including phenoxy) is 2. The van der Waals surface area contributed by atoms with Crippen molar-refractivity contribution < 1.29 is 28.6 Å². The van der Waals surface area contributed by atoms with Gasteiger partial charge >= 0.3 is 6.03 Å². The number of nitrogens with zero attached hydrogens (tertiary/aromatic N) is 3. The number of aliphatic hydroxyl groups is 1. The molecule has 3 aromatic rings. The Balaban J connectivity index is 1.25. The third kappa shape index (κ3) is 5.69. The van der Waals surface area contributed by atoms with E-state index in [9.17, 15) is 19.1 Å². The molecule has 2 aliphatic heterocycles. The Morgan fingerprint density at radius 2 is 1.97 bits per heavy atom. The van der Waals surface area contributed by atoms with Gasteiger partial charge in [-0.25, -0.2) is 9.18 Å². The van der Waals surface area contributed by atoms with Crippen LogP contribution in [0.15, 0.2) is 54.9 Å². The fourth-order valence-corrected chi connectivity index (χ4v) is 4.32. The van der Waals surface area contributed by atoms with Crippen LogP contribution in [0.3, 0.4) is 0 Å². The van der Waals surface area contributed by atoms with Crippen molar-refractivity contribution in [2.24, 2.45) is 0 Å². The molecule has 1 aromatic heterocycles. The van der Waals surface area contributed by atoms with Gasteiger partial charge in [-0.2, -0.15) is 9.78 Å². The van der Waals surface area contributed by atoms with Gasteiger partial charge in [0.1, 0.15) is 29.8 Å². The maximum atomic E-state index is 13.2. The van der Waals surface area contributed by atoms with Gasteiger partial charge in [0.25, 0.3) is 5.91 Å². The number of fused-ring (bicyclic) bond motifs is 1. The molecule has 0 saturated carbocycles. The van der Waals surface area contributed by atoms with E-state index in [4.69, 9.17) is 9.47 Å². The average Bonchev–Trinajstić information content (AvgIpc) is 3.35. The second-order valence-electron chi connectivity index (χ2n) is 9.38. The van der Waals surface area contributed by atoms with Gasteiger partial charge in [0.05, 0.1) is 25.1 Å². The average molecular weight is 519 g/mol. The predicted molar refractivity (Wildman–Crippen MR) is 136 cm³/mol. The molecule has 1 fully saturated rings. The molecule has 1 saturated heterocycles. The minimum atomic E-state index is -1.09. The molecule has 10 heteroatoms. The van der Waals surface area contributed by atoms with Gasteiger partial charge in [-0.1, -0.05) is 24.0 Å². The van der Waals surface area contributed by atoms with Crippen molar-refractivity contribution in [3.05, 3.63) is 77.4 Å². The number of hydrogen-bond acceptors (Lipinski definition) is 6. The van der Waals surface area contributed by atoms with Crippen LogP contribution in [-0.4, -0.2) is 65.3 Å². The lowest BCUT2D eigenvalue weighted by atomic mass is 9.95. The number of hydrogen-bond donors (Lipinski definition) is 2. The van der Waals surface area contributed by atoms with Crippen molar-refractivity contribution >= 4 is 17.6 Å². The molecule has 0 radical (unpaired) electrons.